The highest BCUT2D eigenvalue weighted by Gasteiger charge is 2.22. The predicted octanol–water partition coefficient (Wildman–Crippen LogP) is 3.20. The molecule has 3 aromatic rings. The molecule has 1 fully saturated rings. The first kappa shape index (κ1) is 20.3. The molecule has 1 saturated heterocycles. The maximum atomic E-state index is 12.8. The Morgan fingerprint density at radius 2 is 2.00 bits per heavy atom. The lowest BCUT2D eigenvalue weighted by Gasteiger charge is -2.18. The summed E-state index contributed by atoms with van der Waals surface area (Å²) in [6, 6.07) is 7.17. The summed E-state index contributed by atoms with van der Waals surface area (Å²) >= 11 is 1.50. The molecule has 2 aromatic heterocycles. The van der Waals surface area contributed by atoms with E-state index in [-0.39, 0.29) is 23.9 Å². The van der Waals surface area contributed by atoms with E-state index in [4.69, 9.17) is 0 Å². The van der Waals surface area contributed by atoms with Crippen molar-refractivity contribution in [1.29, 1.82) is 0 Å². The standard InChI is InChI=1S/C22H24N4O3S/c1-3-15-11-17-20(30-15)23-13-26(22(17)29)12-19(27)24-18-8-6-7-16(14(18)2)21(28)25-9-4-5-10-25/h6-8,11,13H,3-5,9-10,12H2,1-2H3,(H,24,27). The van der Waals surface area contributed by atoms with Crippen LogP contribution >= 0.6 is 11.3 Å². The van der Waals surface area contributed by atoms with E-state index in [1.54, 1.807) is 18.2 Å². The highest BCUT2D eigenvalue weighted by Crippen LogP contribution is 2.23. The number of rotatable bonds is 5. The van der Waals surface area contributed by atoms with Crippen molar-refractivity contribution in [2.24, 2.45) is 0 Å². The third-order valence-corrected chi connectivity index (χ3v) is 6.65. The van der Waals surface area contributed by atoms with E-state index in [1.165, 1.54) is 22.2 Å². The number of benzene rings is 1. The van der Waals surface area contributed by atoms with E-state index in [1.807, 2.05) is 24.8 Å². The van der Waals surface area contributed by atoms with Crippen molar-refractivity contribution in [2.45, 2.75) is 39.7 Å². The maximum absolute atomic E-state index is 12.8. The van der Waals surface area contributed by atoms with Crippen LogP contribution < -0.4 is 10.9 Å². The van der Waals surface area contributed by atoms with Crippen molar-refractivity contribution in [3.05, 3.63) is 57.0 Å². The second kappa shape index (κ2) is 8.39. The summed E-state index contributed by atoms with van der Waals surface area (Å²) in [6.45, 7) is 5.27. The summed E-state index contributed by atoms with van der Waals surface area (Å²) in [5.74, 6) is -0.339. The largest absolute Gasteiger partial charge is 0.339 e. The van der Waals surface area contributed by atoms with Gasteiger partial charge >= 0.3 is 0 Å². The number of likely N-dealkylation sites (tertiary alicyclic amines) is 1. The average Bonchev–Trinajstić information content (AvgIpc) is 3.41. The fourth-order valence-corrected chi connectivity index (χ4v) is 4.66. The topological polar surface area (TPSA) is 84.3 Å². The summed E-state index contributed by atoms with van der Waals surface area (Å²) < 4.78 is 1.32. The monoisotopic (exact) mass is 424 g/mol. The minimum absolute atomic E-state index is 0.00356. The van der Waals surface area contributed by atoms with E-state index in [2.05, 4.69) is 10.3 Å². The number of thiophene rings is 1. The first-order valence-corrected chi connectivity index (χ1v) is 11.0. The van der Waals surface area contributed by atoms with Gasteiger partial charge in [0.05, 0.1) is 11.7 Å². The molecule has 1 N–H and O–H groups in total. The van der Waals surface area contributed by atoms with E-state index >= 15 is 0 Å². The molecule has 1 aliphatic rings. The van der Waals surface area contributed by atoms with Crippen LogP contribution in [0.2, 0.25) is 0 Å². The number of aryl methyl sites for hydroxylation is 1. The number of hydrogen-bond donors (Lipinski definition) is 1. The molecule has 0 unspecified atom stereocenters. The summed E-state index contributed by atoms with van der Waals surface area (Å²) in [4.78, 5) is 46.0. The molecule has 0 bridgehead atoms. The Balaban J connectivity index is 1.52. The van der Waals surface area contributed by atoms with Gasteiger partial charge in [-0.15, -0.1) is 11.3 Å². The molecule has 156 valence electrons. The minimum Gasteiger partial charge on any atom is -0.339 e. The molecule has 0 aliphatic carbocycles. The van der Waals surface area contributed by atoms with Gasteiger partial charge in [0.1, 0.15) is 11.4 Å². The normalized spacial score (nSPS) is 13.7. The lowest BCUT2D eigenvalue weighted by molar-refractivity contribution is -0.116. The maximum Gasteiger partial charge on any atom is 0.262 e. The van der Waals surface area contributed by atoms with Gasteiger partial charge in [-0.1, -0.05) is 13.0 Å². The van der Waals surface area contributed by atoms with Crippen LogP contribution in [0.4, 0.5) is 5.69 Å². The average molecular weight is 425 g/mol. The van der Waals surface area contributed by atoms with Crippen LogP contribution in [0.1, 0.15) is 40.6 Å². The van der Waals surface area contributed by atoms with Crippen molar-refractivity contribution in [3.63, 3.8) is 0 Å². The van der Waals surface area contributed by atoms with Gasteiger partial charge in [-0.2, -0.15) is 0 Å². The molecule has 30 heavy (non-hydrogen) atoms. The molecular formula is C22H24N4O3S. The number of aromatic nitrogens is 2. The molecule has 0 atom stereocenters. The smallest absolute Gasteiger partial charge is 0.262 e. The van der Waals surface area contributed by atoms with Gasteiger partial charge in [0.2, 0.25) is 5.91 Å². The van der Waals surface area contributed by atoms with Gasteiger partial charge in [0.25, 0.3) is 11.5 Å². The first-order chi connectivity index (χ1) is 14.5. The second-order valence-corrected chi connectivity index (χ2v) is 8.60. The zero-order chi connectivity index (χ0) is 21.3. The van der Waals surface area contributed by atoms with E-state index in [0.29, 0.717) is 21.5 Å². The van der Waals surface area contributed by atoms with Crippen LogP contribution in [0.3, 0.4) is 0 Å². The number of anilines is 1. The number of carbonyl (C=O) groups is 2. The van der Waals surface area contributed by atoms with Gasteiger partial charge in [-0.05, 0) is 49.9 Å². The number of nitrogens with one attached hydrogen (secondary N) is 1. The Bertz CT molecular complexity index is 1170. The molecule has 0 radical (unpaired) electrons. The first-order valence-electron chi connectivity index (χ1n) is 10.1. The van der Waals surface area contributed by atoms with Gasteiger partial charge < -0.3 is 10.2 Å². The lowest BCUT2D eigenvalue weighted by atomic mass is 10.1. The molecule has 0 spiro atoms. The van der Waals surface area contributed by atoms with Crippen LogP contribution in [0.5, 0.6) is 0 Å². The molecule has 3 heterocycles. The summed E-state index contributed by atoms with van der Waals surface area (Å²) in [6.07, 6.45) is 4.31. The number of hydrogen-bond acceptors (Lipinski definition) is 5. The highest BCUT2D eigenvalue weighted by molar-refractivity contribution is 7.18. The predicted molar refractivity (Wildman–Crippen MR) is 118 cm³/mol. The van der Waals surface area contributed by atoms with Crippen LogP contribution in [0.15, 0.2) is 35.4 Å². The molecule has 1 aliphatic heterocycles. The van der Waals surface area contributed by atoms with Crippen molar-refractivity contribution < 1.29 is 9.59 Å². The summed E-state index contributed by atoms with van der Waals surface area (Å²) in [5.41, 5.74) is 1.69. The molecule has 1 aromatic carbocycles. The van der Waals surface area contributed by atoms with Crippen molar-refractivity contribution >= 4 is 39.1 Å². The Morgan fingerprint density at radius 1 is 1.23 bits per heavy atom. The number of fused-ring (bicyclic) bond motifs is 1. The zero-order valence-corrected chi connectivity index (χ0v) is 17.9. The van der Waals surface area contributed by atoms with Crippen LogP contribution in [0.25, 0.3) is 10.2 Å². The number of nitrogens with zero attached hydrogens (tertiary/aromatic N) is 3. The minimum atomic E-state index is -0.335. The molecule has 2 amide bonds. The van der Waals surface area contributed by atoms with E-state index in [0.717, 1.165) is 42.8 Å². The van der Waals surface area contributed by atoms with E-state index < -0.39 is 0 Å². The van der Waals surface area contributed by atoms with Gasteiger partial charge in [0.15, 0.2) is 0 Å². The summed E-state index contributed by atoms with van der Waals surface area (Å²) in [5, 5.41) is 3.38. The SMILES string of the molecule is CCc1cc2c(=O)n(CC(=O)Nc3cccc(C(=O)N4CCCC4)c3C)cnc2s1. The van der Waals surface area contributed by atoms with Gasteiger partial charge in [-0.3, -0.25) is 19.0 Å². The molecule has 7 nitrogen and oxygen atoms in total. The van der Waals surface area contributed by atoms with Crippen LogP contribution in [0, 0.1) is 6.92 Å². The van der Waals surface area contributed by atoms with Crippen LogP contribution in [-0.2, 0) is 17.8 Å². The Kier molecular flexibility index (Phi) is 5.67. The molecule has 8 heteroatoms. The fourth-order valence-electron chi connectivity index (χ4n) is 3.73. The Labute approximate surface area is 178 Å². The Morgan fingerprint density at radius 3 is 2.73 bits per heavy atom. The summed E-state index contributed by atoms with van der Waals surface area (Å²) in [7, 11) is 0. The fraction of sp³-hybridized carbons (Fsp3) is 0.364. The molecule has 4 rings (SSSR count). The third-order valence-electron chi connectivity index (χ3n) is 5.46. The molecule has 0 saturated carbocycles. The van der Waals surface area contributed by atoms with Crippen molar-refractivity contribution in [3.8, 4) is 0 Å². The van der Waals surface area contributed by atoms with Crippen LogP contribution in [-0.4, -0.2) is 39.4 Å². The second-order valence-electron chi connectivity index (χ2n) is 7.49. The Hall–Kier alpha value is -3.00. The third kappa shape index (κ3) is 3.87. The van der Waals surface area contributed by atoms with Gasteiger partial charge in [0, 0.05) is 29.2 Å². The lowest BCUT2D eigenvalue weighted by Crippen LogP contribution is -2.29. The quantitative estimate of drug-likeness (QED) is 0.682. The highest BCUT2D eigenvalue weighted by atomic mass is 32.1. The van der Waals surface area contributed by atoms with Gasteiger partial charge in [-0.25, -0.2) is 4.98 Å². The van der Waals surface area contributed by atoms with Crippen molar-refractivity contribution in [1.82, 2.24) is 14.5 Å². The molecular weight excluding hydrogens is 400 g/mol. The number of amides is 2. The zero-order valence-electron chi connectivity index (χ0n) is 17.1. The number of carbonyl (C=O) groups excluding carboxylic acids is 2. The van der Waals surface area contributed by atoms with Crippen molar-refractivity contribution in [2.75, 3.05) is 18.4 Å². The van der Waals surface area contributed by atoms with E-state index in [9.17, 15) is 14.4 Å².